The van der Waals surface area contributed by atoms with Crippen LogP contribution in [0.3, 0.4) is 0 Å². The summed E-state index contributed by atoms with van der Waals surface area (Å²) >= 11 is 0. The Morgan fingerprint density at radius 1 is 1.03 bits per heavy atom. The van der Waals surface area contributed by atoms with E-state index < -0.39 is 11.8 Å². The Labute approximate surface area is 169 Å². The van der Waals surface area contributed by atoms with Gasteiger partial charge in [-0.05, 0) is 36.8 Å². The van der Waals surface area contributed by atoms with Gasteiger partial charge in [0.05, 0.1) is 33.6 Å². The second kappa shape index (κ2) is 11.3. The molecule has 2 aromatic rings. The van der Waals surface area contributed by atoms with Crippen molar-refractivity contribution in [3.63, 3.8) is 0 Å². The quantitative estimate of drug-likeness (QED) is 0.472. The van der Waals surface area contributed by atoms with Gasteiger partial charge >= 0.3 is 0 Å². The molecule has 8 nitrogen and oxygen atoms in total. The van der Waals surface area contributed by atoms with Gasteiger partial charge in [0, 0.05) is 11.1 Å². The maximum absolute atomic E-state index is 12.2. The van der Waals surface area contributed by atoms with Crippen LogP contribution in [0, 0.1) is 0 Å². The van der Waals surface area contributed by atoms with Crippen molar-refractivity contribution in [1.29, 1.82) is 0 Å². The highest BCUT2D eigenvalue weighted by molar-refractivity contribution is 5.97. The molecule has 2 amide bonds. The molecular weight excluding hydrogens is 374 g/mol. The maximum Gasteiger partial charge on any atom is 0.259 e. The molecule has 0 atom stereocenters. The third-order valence-electron chi connectivity index (χ3n) is 3.83. The number of nitrogens with one attached hydrogen (secondary N) is 2. The number of para-hydroxylation sites is 1. The number of hydrogen-bond donors (Lipinski definition) is 2. The zero-order valence-corrected chi connectivity index (χ0v) is 16.7. The van der Waals surface area contributed by atoms with Gasteiger partial charge in [0.25, 0.3) is 11.8 Å². The summed E-state index contributed by atoms with van der Waals surface area (Å²) in [4.78, 5) is 24.1. The Kier molecular flexibility index (Phi) is 8.50. The molecule has 0 aromatic heterocycles. The van der Waals surface area contributed by atoms with Gasteiger partial charge in [-0.3, -0.25) is 9.59 Å². The molecule has 0 fully saturated rings. The summed E-state index contributed by atoms with van der Waals surface area (Å²) in [7, 11) is 2.99. The molecular formula is C21H25N3O5. The van der Waals surface area contributed by atoms with Crippen LogP contribution in [0.1, 0.15) is 29.3 Å². The highest BCUT2D eigenvalue weighted by Gasteiger charge is 2.11. The smallest absolute Gasteiger partial charge is 0.259 e. The first-order valence-corrected chi connectivity index (χ1v) is 9.13. The fraction of sp³-hybridized carbons (Fsp3) is 0.286. The molecule has 2 N–H and O–H groups in total. The summed E-state index contributed by atoms with van der Waals surface area (Å²) < 4.78 is 15.9. The third kappa shape index (κ3) is 6.53. The molecule has 0 aliphatic heterocycles. The first-order valence-electron chi connectivity index (χ1n) is 9.13. The van der Waals surface area contributed by atoms with E-state index >= 15 is 0 Å². The van der Waals surface area contributed by atoms with E-state index in [1.165, 1.54) is 26.5 Å². The van der Waals surface area contributed by atoms with Crippen molar-refractivity contribution in [3.05, 3.63) is 53.6 Å². The first kappa shape index (κ1) is 21.7. The Bertz CT molecular complexity index is 867. The van der Waals surface area contributed by atoms with Crippen LogP contribution >= 0.6 is 0 Å². The molecule has 2 rings (SSSR count). The predicted molar refractivity (Wildman–Crippen MR) is 110 cm³/mol. The number of amides is 2. The number of ether oxygens (including phenoxy) is 3. The van der Waals surface area contributed by atoms with Crippen molar-refractivity contribution in [2.75, 3.05) is 27.4 Å². The average Bonchev–Trinajstić information content (AvgIpc) is 2.76. The van der Waals surface area contributed by atoms with Gasteiger partial charge in [0.15, 0.2) is 11.5 Å². The lowest BCUT2D eigenvalue weighted by atomic mass is 10.2. The predicted octanol–water partition coefficient (Wildman–Crippen LogP) is 2.37. The van der Waals surface area contributed by atoms with Gasteiger partial charge in [-0.2, -0.15) is 5.10 Å². The fourth-order valence-electron chi connectivity index (χ4n) is 2.38. The van der Waals surface area contributed by atoms with Crippen molar-refractivity contribution in [3.8, 4) is 17.2 Å². The Balaban J connectivity index is 1.87. The van der Waals surface area contributed by atoms with E-state index in [1.54, 1.807) is 12.1 Å². The molecule has 0 saturated carbocycles. The van der Waals surface area contributed by atoms with Gasteiger partial charge < -0.3 is 19.5 Å². The van der Waals surface area contributed by atoms with Gasteiger partial charge in [0.1, 0.15) is 5.75 Å². The van der Waals surface area contributed by atoms with E-state index in [0.29, 0.717) is 29.4 Å². The number of benzene rings is 2. The van der Waals surface area contributed by atoms with Crippen molar-refractivity contribution in [2.24, 2.45) is 5.10 Å². The topological polar surface area (TPSA) is 98.2 Å². The van der Waals surface area contributed by atoms with Gasteiger partial charge in [-0.15, -0.1) is 0 Å². The third-order valence-corrected chi connectivity index (χ3v) is 3.83. The van der Waals surface area contributed by atoms with E-state index in [1.807, 2.05) is 31.2 Å². The van der Waals surface area contributed by atoms with Gasteiger partial charge in [-0.1, -0.05) is 19.1 Å². The van der Waals surface area contributed by atoms with E-state index in [0.717, 1.165) is 12.0 Å². The zero-order valence-electron chi connectivity index (χ0n) is 16.7. The molecule has 0 saturated heterocycles. The van der Waals surface area contributed by atoms with Crippen LogP contribution in [-0.4, -0.2) is 45.4 Å². The molecule has 0 spiro atoms. The summed E-state index contributed by atoms with van der Waals surface area (Å²) in [5, 5.41) is 6.45. The van der Waals surface area contributed by atoms with Crippen LogP contribution in [0.15, 0.2) is 47.6 Å². The standard InChI is InChI=1S/C21H25N3O5/c1-4-11-29-17-8-6-5-7-16(17)13-23-24-20(25)14-22-21(26)15-9-10-18(27-2)19(12-15)28-3/h5-10,12-13H,4,11,14H2,1-3H3,(H,22,26)(H,24,25)/b23-13+. The normalized spacial score (nSPS) is 10.4. The molecule has 29 heavy (non-hydrogen) atoms. The van der Waals surface area contributed by atoms with Crippen LogP contribution in [0.25, 0.3) is 0 Å². The fourth-order valence-corrected chi connectivity index (χ4v) is 2.38. The van der Waals surface area contributed by atoms with Gasteiger partial charge in [0.2, 0.25) is 0 Å². The van der Waals surface area contributed by atoms with E-state index in [9.17, 15) is 9.59 Å². The van der Waals surface area contributed by atoms with Crippen molar-refractivity contribution < 1.29 is 23.8 Å². The highest BCUT2D eigenvalue weighted by atomic mass is 16.5. The summed E-state index contributed by atoms with van der Waals surface area (Å²) in [6.07, 6.45) is 2.39. The molecule has 2 aromatic carbocycles. The van der Waals surface area contributed by atoms with E-state index in [4.69, 9.17) is 14.2 Å². The Morgan fingerprint density at radius 3 is 2.52 bits per heavy atom. The number of hydrogen-bond acceptors (Lipinski definition) is 6. The monoisotopic (exact) mass is 399 g/mol. The summed E-state index contributed by atoms with van der Waals surface area (Å²) in [5.41, 5.74) is 3.47. The lowest BCUT2D eigenvalue weighted by Gasteiger charge is -2.09. The Morgan fingerprint density at radius 2 is 1.79 bits per heavy atom. The van der Waals surface area contributed by atoms with E-state index in [-0.39, 0.29) is 6.54 Å². The summed E-state index contributed by atoms with van der Waals surface area (Å²) in [5.74, 6) is 0.761. The Hall–Kier alpha value is -3.55. The van der Waals surface area contributed by atoms with Crippen LogP contribution in [-0.2, 0) is 4.79 Å². The second-order valence-electron chi connectivity index (χ2n) is 5.93. The molecule has 0 unspecified atom stereocenters. The minimum Gasteiger partial charge on any atom is -0.493 e. The number of carbonyl (C=O) groups is 2. The second-order valence-corrected chi connectivity index (χ2v) is 5.93. The summed E-state index contributed by atoms with van der Waals surface area (Å²) in [6.45, 7) is 2.39. The number of carbonyl (C=O) groups excluding carboxylic acids is 2. The van der Waals surface area contributed by atoms with E-state index in [2.05, 4.69) is 15.8 Å². The number of nitrogens with zero attached hydrogens (tertiary/aromatic N) is 1. The molecule has 0 heterocycles. The minimum atomic E-state index is -0.456. The van der Waals surface area contributed by atoms with Crippen LogP contribution < -0.4 is 25.0 Å². The number of methoxy groups -OCH3 is 2. The lowest BCUT2D eigenvalue weighted by Crippen LogP contribution is -2.34. The van der Waals surface area contributed by atoms with Gasteiger partial charge in [-0.25, -0.2) is 5.43 Å². The number of hydrazone groups is 1. The van der Waals surface area contributed by atoms with Crippen LogP contribution in [0.4, 0.5) is 0 Å². The van der Waals surface area contributed by atoms with Crippen molar-refractivity contribution in [2.45, 2.75) is 13.3 Å². The number of rotatable bonds is 10. The van der Waals surface area contributed by atoms with Crippen molar-refractivity contribution >= 4 is 18.0 Å². The molecule has 0 bridgehead atoms. The van der Waals surface area contributed by atoms with Crippen molar-refractivity contribution in [1.82, 2.24) is 10.7 Å². The van der Waals surface area contributed by atoms with Crippen LogP contribution in [0.2, 0.25) is 0 Å². The van der Waals surface area contributed by atoms with Crippen LogP contribution in [0.5, 0.6) is 17.2 Å². The average molecular weight is 399 g/mol. The molecule has 154 valence electrons. The molecule has 0 aliphatic rings. The lowest BCUT2D eigenvalue weighted by molar-refractivity contribution is -0.120. The highest BCUT2D eigenvalue weighted by Crippen LogP contribution is 2.27. The molecule has 0 radical (unpaired) electrons. The maximum atomic E-state index is 12.2. The summed E-state index contributed by atoms with van der Waals surface area (Å²) in [6, 6.07) is 12.1. The zero-order chi connectivity index (χ0) is 21.1. The minimum absolute atomic E-state index is 0.224. The molecule has 8 heteroatoms. The SMILES string of the molecule is CCCOc1ccccc1/C=N/NC(=O)CNC(=O)c1ccc(OC)c(OC)c1. The molecule has 0 aliphatic carbocycles. The first-order chi connectivity index (χ1) is 14.1. The largest absolute Gasteiger partial charge is 0.493 e.